The van der Waals surface area contributed by atoms with Gasteiger partial charge < -0.3 is 15.0 Å². The fraction of sp³-hybridized carbons (Fsp3) is 0.917. The highest BCUT2D eigenvalue weighted by Crippen LogP contribution is 2.43. The number of nitrogens with one attached hydrogen (secondary N) is 1. The van der Waals surface area contributed by atoms with Crippen molar-refractivity contribution in [1.29, 1.82) is 0 Å². The molecule has 1 unspecified atom stereocenters. The maximum atomic E-state index is 12.9. The number of alkyl halides is 2. The molecule has 104 valence electrons. The zero-order valence-corrected chi connectivity index (χ0v) is 11.0. The van der Waals surface area contributed by atoms with Crippen molar-refractivity contribution in [2.45, 2.75) is 45.3 Å². The van der Waals surface area contributed by atoms with Gasteiger partial charge in [0.25, 0.3) is 6.43 Å². The van der Waals surface area contributed by atoms with Crippen LogP contribution in [0.5, 0.6) is 0 Å². The Bertz CT molecular complexity index is 335. The average Bonchev–Trinajstić information content (AvgIpc) is 2.55. The summed E-state index contributed by atoms with van der Waals surface area (Å²) in [5.74, 6) is 0. The van der Waals surface area contributed by atoms with Gasteiger partial charge >= 0.3 is 6.09 Å². The second kappa shape index (κ2) is 4.33. The van der Waals surface area contributed by atoms with Gasteiger partial charge in [-0.05, 0) is 33.7 Å². The van der Waals surface area contributed by atoms with Crippen molar-refractivity contribution < 1.29 is 18.3 Å². The average molecular weight is 262 g/mol. The lowest BCUT2D eigenvalue weighted by Gasteiger charge is -2.50. The lowest BCUT2D eigenvalue weighted by molar-refractivity contribution is -0.0642. The van der Waals surface area contributed by atoms with E-state index < -0.39 is 29.6 Å². The maximum absolute atomic E-state index is 12.9. The molecule has 4 nitrogen and oxygen atoms in total. The molecule has 2 fully saturated rings. The summed E-state index contributed by atoms with van der Waals surface area (Å²) in [6.45, 7) is 6.70. The van der Waals surface area contributed by atoms with E-state index in [1.54, 1.807) is 20.8 Å². The molecular weight excluding hydrogens is 242 g/mol. The molecular formula is C12H20F2N2O2. The van der Waals surface area contributed by atoms with Crippen molar-refractivity contribution >= 4 is 6.09 Å². The van der Waals surface area contributed by atoms with Crippen molar-refractivity contribution in [3.63, 3.8) is 0 Å². The Balaban J connectivity index is 1.91. The smallest absolute Gasteiger partial charge is 0.410 e. The number of carbonyl (C=O) groups excluding carboxylic acids is 1. The van der Waals surface area contributed by atoms with E-state index in [0.29, 0.717) is 26.1 Å². The Morgan fingerprint density at radius 2 is 2.06 bits per heavy atom. The maximum Gasteiger partial charge on any atom is 0.410 e. The monoisotopic (exact) mass is 262 g/mol. The third kappa shape index (κ3) is 2.43. The van der Waals surface area contributed by atoms with Crippen LogP contribution in [0.25, 0.3) is 0 Å². The second-order valence-corrected chi connectivity index (χ2v) is 6.22. The van der Waals surface area contributed by atoms with Gasteiger partial charge in [0.15, 0.2) is 0 Å². The minimum absolute atomic E-state index is 0.365. The van der Waals surface area contributed by atoms with Crippen LogP contribution in [0.2, 0.25) is 0 Å². The molecule has 0 aliphatic carbocycles. The number of hydrogen-bond donors (Lipinski definition) is 1. The van der Waals surface area contributed by atoms with Crippen molar-refractivity contribution in [3.05, 3.63) is 0 Å². The fourth-order valence-corrected chi connectivity index (χ4v) is 2.73. The molecule has 0 radical (unpaired) electrons. The Morgan fingerprint density at radius 1 is 1.44 bits per heavy atom. The number of ether oxygens (including phenoxy) is 1. The van der Waals surface area contributed by atoms with E-state index >= 15 is 0 Å². The molecule has 0 saturated carbocycles. The van der Waals surface area contributed by atoms with Crippen molar-refractivity contribution in [1.82, 2.24) is 10.2 Å². The molecule has 18 heavy (non-hydrogen) atoms. The first-order valence-corrected chi connectivity index (χ1v) is 6.23. The summed E-state index contributed by atoms with van der Waals surface area (Å²) in [6.07, 6.45) is -2.09. The van der Waals surface area contributed by atoms with Crippen LogP contribution in [0.15, 0.2) is 0 Å². The summed E-state index contributed by atoms with van der Waals surface area (Å²) in [5, 5.41) is 2.83. The predicted octanol–water partition coefficient (Wildman–Crippen LogP) is 1.85. The second-order valence-electron chi connectivity index (χ2n) is 6.22. The van der Waals surface area contributed by atoms with E-state index in [9.17, 15) is 13.6 Å². The molecule has 2 aliphatic heterocycles. The first-order valence-electron chi connectivity index (χ1n) is 6.23. The first kappa shape index (κ1) is 13.5. The highest BCUT2D eigenvalue weighted by Gasteiger charge is 2.56. The van der Waals surface area contributed by atoms with Gasteiger partial charge in [0.2, 0.25) is 0 Å². The summed E-state index contributed by atoms with van der Waals surface area (Å²) in [4.78, 5) is 13.3. The van der Waals surface area contributed by atoms with Crippen LogP contribution in [-0.2, 0) is 4.74 Å². The van der Waals surface area contributed by atoms with Crippen LogP contribution in [0.3, 0.4) is 0 Å². The van der Waals surface area contributed by atoms with Gasteiger partial charge in [0.1, 0.15) is 5.60 Å². The summed E-state index contributed by atoms with van der Waals surface area (Å²) in [6, 6.07) is -0.795. The van der Waals surface area contributed by atoms with E-state index in [1.165, 1.54) is 4.90 Å². The number of carbonyl (C=O) groups is 1. The molecule has 2 aliphatic rings. The molecule has 1 atom stereocenters. The number of halogens is 2. The molecule has 6 heteroatoms. The number of rotatable bonds is 1. The minimum atomic E-state index is -2.38. The Kier molecular flexibility index (Phi) is 3.25. The number of amides is 1. The zero-order valence-electron chi connectivity index (χ0n) is 11.0. The quantitative estimate of drug-likeness (QED) is 0.784. The van der Waals surface area contributed by atoms with Crippen molar-refractivity contribution in [2.75, 3.05) is 19.6 Å². The predicted molar refractivity (Wildman–Crippen MR) is 62.7 cm³/mol. The van der Waals surface area contributed by atoms with Gasteiger partial charge in [-0.1, -0.05) is 0 Å². The molecule has 1 spiro atoms. The van der Waals surface area contributed by atoms with E-state index in [1.807, 2.05) is 0 Å². The van der Waals surface area contributed by atoms with Gasteiger partial charge in [0.05, 0.1) is 6.04 Å². The highest BCUT2D eigenvalue weighted by molar-refractivity contribution is 5.69. The van der Waals surface area contributed by atoms with E-state index in [0.717, 1.165) is 0 Å². The van der Waals surface area contributed by atoms with Crippen LogP contribution < -0.4 is 5.32 Å². The summed E-state index contributed by atoms with van der Waals surface area (Å²) < 4.78 is 30.9. The number of hydrogen-bond acceptors (Lipinski definition) is 3. The van der Waals surface area contributed by atoms with Gasteiger partial charge in [-0.2, -0.15) is 0 Å². The van der Waals surface area contributed by atoms with E-state index in [4.69, 9.17) is 4.74 Å². The molecule has 2 rings (SSSR count). The summed E-state index contributed by atoms with van der Waals surface area (Å²) in [5.41, 5.74) is -0.999. The minimum Gasteiger partial charge on any atom is -0.444 e. The number of likely N-dealkylation sites (tertiary alicyclic amines) is 1. The van der Waals surface area contributed by atoms with Gasteiger partial charge in [-0.3, -0.25) is 0 Å². The first-order chi connectivity index (χ1) is 8.23. The zero-order chi connectivity index (χ0) is 13.6. The third-order valence-corrected chi connectivity index (χ3v) is 3.56. The lowest BCUT2D eigenvalue weighted by Crippen LogP contribution is -2.64. The van der Waals surface area contributed by atoms with Crippen LogP contribution in [0.4, 0.5) is 13.6 Å². The van der Waals surface area contributed by atoms with Gasteiger partial charge in [-0.25, -0.2) is 13.6 Å². The van der Waals surface area contributed by atoms with Crippen LogP contribution in [-0.4, -0.2) is 48.7 Å². The Hall–Kier alpha value is -0.910. The largest absolute Gasteiger partial charge is 0.444 e. The highest BCUT2D eigenvalue weighted by atomic mass is 19.3. The number of nitrogens with zero attached hydrogens (tertiary/aromatic N) is 1. The normalized spacial score (nSPS) is 26.6. The molecule has 0 aromatic rings. The summed E-state index contributed by atoms with van der Waals surface area (Å²) >= 11 is 0. The standard InChI is InChI=1S/C12H20F2N2O2/c1-11(2,3)18-10(17)16-6-12(7-16)4-5-15-8(12)9(13)14/h8-9,15H,4-7H2,1-3H3. The van der Waals surface area contributed by atoms with Crippen LogP contribution >= 0.6 is 0 Å². The molecule has 1 N–H and O–H groups in total. The molecule has 2 saturated heterocycles. The Labute approximate surface area is 106 Å². The fourth-order valence-electron chi connectivity index (χ4n) is 2.73. The van der Waals surface area contributed by atoms with Crippen LogP contribution in [0.1, 0.15) is 27.2 Å². The van der Waals surface area contributed by atoms with E-state index in [2.05, 4.69) is 5.32 Å². The van der Waals surface area contributed by atoms with Gasteiger partial charge in [-0.15, -0.1) is 0 Å². The molecule has 0 bridgehead atoms. The topological polar surface area (TPSA) is 41.6 Å². The summed E-state index contributed by atoms with van der Waals surface area (Å²) in [7, 11) is 0. The van der Waals surface area contributed by atoms with Crippen molar-refractivity contribution in [2.24, 2.45) is 5.41 Å². The lowest BCUT2D eigenvalue weighted by atomic mass is 9.73. The molecule has 2 heterocycles. The van der Waals surface area contributed by atoms with Crippen molar-refractivity contribution in [3.8, 4) is 0 Å². The SMILES string of the molecule is CC(C)(C)OC(=O)N1CC2(CCNC2C(F)F)C1. The van der Waals surface area contributed by atoms with E-state index in [-0.39, 0.29) is 0 Å². The molecule has 1 amide bonds. The third-order valence-electron chi connectivity index (χ3n) is 3.56. The van der Waals surface area contributed by atoms with Gasteiger partial charge in [0, 0.05) is 18.5 Å². The molecule has 0 aromatic heterocycles. The Morgan fingerprint density at radius 3 is 2.56 bits per heavy atom. The van der Waals surface area contributed by atoms with Crippen LogP contribution in [0, 0.1) is 5.41 Å². The molecule has 0 aromatic carbocycles.